The molecule has 7 heteroatoms. The van der Waals surface area contributed by atoms with Crippen LogP contribution in [0.4, 0.5) is 8.78 Å². The molecule has 0 aliphatic rings. The Morgan fingerprint density at radius 1 is 1.42 bits per heavy atom. The number of hydrogen-bond donors (Lipinski definition) is 1. The number of nitrogens with zero attached hydrogens (tertiary/aromatic N) is 1. The summed E-state index contributed by atoms with van der Waals surface area (Å²) >= 11 is 0. The number of nitrogens with two attached hydrogens (primary N) is 1. The molecule has 4 nitrogen and oxygen atoms in total. The first-order valence-electron chi connectivity index (χ1n) is 5.69. The zero-order valence-corrected chi connectivity index (χ0v) is 11.4. The molecule has 1 aromatic rings. The number of halogens is 2. The molecular formula is C12H15F2N2O2S-. The molecule has 0 saturated carbocycles. The third-order valence-electron chi connectivity index (χ3n) is 2.30. The van der Waals surface area contributed by atoms with Crippen molar-refractivity contribution >= 4 is 16.5 Å². The highest BCUT2D eigenvalue weighted by Crippen LogP contribution is 2.13. The first kappa shape index (κ1) is 15.7. The Hall–Kier alpha value is -1.34. The Morgan fingerprint density at radius 3 is 2.63 bits per heavy atom. The average Bonchev–Trinajstić information content (AvgIpc) is 2.31. The molecule has 0 radical (unpaired) electrons. The van der Waals surface area contributed by atoms with Crippen LogP contribution in [0.3, 0.4) is 0 Å². The lowest BCUT2D eigenvalue weighted by Gasteiger charge is -2.12. The molecule has 0 fully saturated rings. The lowest BCUT2D eigenvalue weighted by molar-refractivity contribution is -0.119. The van der Waals surface area contributed by atoms with E-state index in [1.165, 1.54) is 0 Å². The number of rotatable bonds is 4. The quantitative estimate of drug-likeness (QED) is 0.865. The lowest BCUT2D eigenvalue weighted by Crippen LogP contribution is -2.30. The van der Waals surface area contributed by atoms with Gasteiger partial charge in [-0.2, -0.15) is 0 Å². The summed E-state index contributed by atoms with van der Waals surface area (Å²) < 4.78 is 41.2. The maximum absolute atomic E-state index is 13.3. The SMILES string of the molecule is CC(C)C[C@H](N)C(=O)N=[S-](=O)c1cc(F)ccc1F. The van der Waals surface area contributed by atoms with Crippen LogP contribution in [0.2, 0.25) is 0 Å². The van der Waals surface area contributed by atoms with E-state index in [0.29, 0.717) is 6.42 Å². The molecule has 0 heterocycles. The van der Waals surface area contributed by atoms with Crippen molar-refractivity contribution in [2.45, 2.75) is 31.2 Å². The van der Waals surface area contributed by atoms with Crippen molar-refractivity contribution in [2.24, 2.45) is 16.0 Å². The van der Waals surface area contributed by atoms with Crippen LogP contribution < -0.4 is 5.73 Å². The van der Waals surface area contributed by atoms with E-state index in [1.807, 2.05) is 13.8 Å². The fourth-order valence-electron chi connectivity index (χ4n) is 1.42. The summed E-state index contributed by atoms with van der Waals surface area (Å²) in [7, 11) is -2.29. The van der Waals surface area contributed by atoms with Crippen LogP contribution in [-0.4, -0.2) is 11.9 Å². The number of benzene rings is 1. The second-order valence-electron chi connectivity index (χ2n) is 4.49. The Kier molecular flexibility index (Phi) is 5.56. The van der Waals surface area contributed by atoms with Crippen LogP contribution >= 0.6 is 0 Å². The minimum atomic E-state index is -2.29. The van der Waals surface area contributed by atoms with Crippen molar-refractivity contribution in [3.63, 3.8) is 0 Å². The normalized spacial score (nSPS) is 14.6. The van der Waals surface area contributed by atoms with E-state index in [-0.39, 0.29) is 5.92 Å². The molecule has 0 aromatic heterocycles. The number of hydrogen-bond acceptors (Lipinski definition) is 4. The maximum atomic E-state index is 13.3. The molecule has 0 aliphatic carbocycles. The average molecular weight is 289 g/mol. The smallest absolute Gasteiger partial charge is 0.239 e. The highest BCUT2D eigenvalue weighted by atomic mass is 32.2. The van der Waals surface area contributed by atoms with Crippen molar-refractivity contribution < 1.29 is 17.8 Å². The number of carbonyl (C=O) groups is 1. The van der Waals surface area contributed by atoms with Gasteiger partial charge in [-0.15, -0.1) is 10.6 Å². The van der Waals surface area contributed by atoms with Gasteiger partial charge in [0.05, 0.1) is 6.04 Å². The molecule has 0 spiro atoms. The predicted molar refractivity (Wildman–Crippen MR) is 67.5 cm³/mol. The van der Waals surface area contributed by atoms with Gasteiger partial charge in [-0.1, -0.05) is 18.7 Å². The Morgan fingerprint density at radius 2 is 2.05 bits per heavy atom. The van der Waals surface area contributed by atoms with E-state index in [4.69, 9.17) is 5.73 Å². The summed E-state index contributed by atoms with van der Waals surface area (Å²) in [5.74, 6) is -2.24. The van der Waals surface area contributed by atoms with Gasteiger partial charge in [0.2, 0.25) is 5.91 Å². The molecule has 106 valence electrons. The summed E-state index contributed by atoms with van der Waals surface area (Å²) in [6, 6.07) is 1.58. The molecule has 19 heavy (non-hydrogen) atoms. The van der Waals surface area contributed by atoms with Gasteiger partial charge in [-0.25, -0.2) is 8.78 Å². The van der Waals surface area contributed by atoms with Gasteiger partial charge < -0.3 is 14.3 Å². The minimum Gasteiger partial charge on any atom is -0.439 e. The Balaban J connectivity index is 2.96. The van der Waals surface area contributed by atoms with Crippen LogP contribution in [-0.2, 0) is 19.6 Å². The van der Waals surface area contributed by atoms with E-state index in [0.717, 1.165) is 18.2 Å². The van der Waals surface area contributed by atoms with E-state index in [1.54, 1.807) is 0 Å². The molecule has 0 bridgehead atoms. The zero-order chi connectivity index (χ0) is 14.6. The van der Waals surface area contributed by atoms with E-state index in [9.17, 15) is 17.8 Å². The Bertz CT molecular complexity index is 555. The van der Waals surface area contributed by atoms with Crippen LogP contribution in [0.5, 0.6) is 0 Å². The van der Waals surface area contributed by atoms with E-state index in [2.05, 4.69) is 4.36 Å². The van der Waals surface area contributed by atoms with Gasteiger partial charge >= 0.3 is 0 Å². The number of carbonyl (C=O) groups excluding carboxylic acids is 1. The molecule has 2 N–H and O–H groups in total. The van der Waals surface area contributed by atoms with Crippen LogP contribution in [0.15, 0.2) is 27.5 Å². The van der Waals surface area contributed by atoms with Crippen LogP contribution in [0.1, 0.15) is 20.3 Å². The van der Waals surface area contributed by atoms with Gasteiger partial charge in [0.1, 0.15) is 11.6 Å². The van der Waals surface area contributed by atoms with Crippen molar-refractivity contribution in [2.75, 3.05) is 0 Å². The minimum absolute atomic E-state index is 0.175. The van der Waals surface area contributed by atoms with Gasteiger partial charge in [0.25, 0.3) is 0 Å². The van der Waals surface area contributed by atoms with Crippen molar-refractivity contribution in [3.8, 4) is 0 Å². The van der Waals surface area contributed by atoms with Crippen LogP contribution in [0.25, 0.3) is 0 Å². The van der Waals surface area contributed by atoms with Gasteiger partial charge in [-0.05, 0) is 30.5 Å². The van der Waals surface area contributed by atoms with E-state index < -0.39 is 39.1 Å². The molecule has 1 aromatic carbocycles. The fourth-order valence-corrected chi connectivity index (χ4v) is 2.26. The van der Waals surface area contributed by atoms with Crippen LogP contribution in [0, 0.1) is 17.6 Å². The third-order valence-corrected chi connectivity index (χ3v) is 3.33. The lowest BCUT2D eigenvalue weighted by atomic mass is 10.0. The van der Waals surface area contributed by atoms with Crippen molar-refractivity contribution in [3.05, 3.63) is 29.8 Å². The molecule has 0 saturated heterocycles. The summed E-state index contributed by atoms with van der Waals surface area (Å²) in [5, 5.41) is 0. The van der Waals surface area contributed by atoms with E-state index >= 15 is 0 Å². The van der Waals surface area contributed by atoms with Gasteiger partial charge in [-0.3, -0.25) is 4.79 Å². The second kappa shape index (κ2) is 6.72. The topological polar surface area (TPSA) is 72.5 Å². The summed E-state index contributed by atoms with van der Waals surface area (Å²) in [5.41, 5.74) is 5.57. The zero-order valence-electron chi connectivity index (χ0n) is 10.6. The molecule has 1 amide bonds. The monoisotopic (exact) mass is 289 g/mol. The number of amides is 1. The standard InChI is InChI=1S/C12H15F2N2O2S/c1-7(2)5-10(15)12(17)16-19(18)11-6-8(13)3-4-9(11)14/h3-4,6-7,10H,5,15H2,1-2H3/q-1/t10-/m0/s1. The first-order valence-corrected chi connectivity index (χ1v) is 6.80. The molecule has 0 unspecified atom stereocenters. The molecule has 1 atom stereocenters. The first-order chi connectivity index (χ1) is 8.81. The predicted octanol–water partition coefficient (Wildman–Crippen LogP) is 2.37. The largest absolute Gasteiger partial charge is 0.439 e. The maximum Gasteiger partial charge on any atom is 0.239 e. The molecule has 0 aliphatic heterocycles. The highest BCUT2D eigenvalue weighted by molar-refractivity contribution is 7.75. The Labute approximate surface area is 112 Å². The van der Waals surface area contributed by atoms with Gasteiger partial charge in [0, 0.05) is 0 Å². The second-order valence-corrected chi connectivity index (χ2v) is 5.61. The van der Waals surface area contributed by atoms with Crippen molar-refractivity contribution in [1.82, 2.24) is 0 Å². The summed E-state index contributed by atoms with van der Waals surface area (Å²) in [6.45, 7) is 3.74. The fraction of sp³-hybridized carbons (Fsp3) is 0.417. The van der Waals surface area contributed by atoms with Gasteiger partial charge in [0.15, 0.2) is 0 Å². The van der Waals surface area contributed by atoms with Crippen molar-refractivity contribution in [1.29, 1.82) is 0 Å². The summed E-state index contributed by atoms with van der Waals surface area (Å²) in [4.78, 5) is 11.1. The summed E-state index contributed by atoms with van der Waals surface area (Å²) in [6.07, 6.45) is 0.380. The highest BCUT2D eigenvalue weighted by Gasteiger charge is 2.12. The molecule has 1 rings (SSSR count). The molecular weight excluding hydrogens is 274 g/mol. The third kappa shape index (κ3) is 4.68.